The minimum atomic E-state index is -0.194. The van der Waals surface area contributed by atoms with E-state index in [0.717, 1.165) is 68.8 Å². The molecule has 1 saturated heterocycles. The van der Waals surface area contributed by atoms with E-state index in [2.05, 4.69) is 25.7 Å². The van der Waals surface area contributed by atoms with Gasteiger partial charge in [-0.2, -0.15) is 5.10 Å². The number of piperidine rings is 1. The number of methoxy groups -OCH3 is 2. The largest absolute Gasteiger partial charge is 0.496 e. The van der Waals surface area contributed by atoms with Gasteiger partial charge >= 0.3 is 0 Å². The zero-order chi connectivity index (χ0) is 27.2. The summed E-state index contributed by atoms with van der Waals surface area (Å²) in [6.45, 7) is 3.15. The van der Waals surface area contributed by atoms with E-state index in [4.69, 9.17) is 14.6 Å². The number of rotatable bonds is 11. The van der Waals surface area contributed by atoms with Crippen molar-refractivity contribution >= 4 is 5.91 Å². The maximum absolute atomic E-state index is 13.7. The number of hydrogen-bond acceptors (Lipinski definition) is 8. The summed E-state index contributed by atoms with van der Waals surface area (Å²) in [7, 11) is 5.13. The van der Waals surface area contributed by atoms with Crippen molar-refractivity contribution < 1.29 is 14.3 Å². The van der Waals surface area contributed by atoms with Crippen LogP contribution < -0.4 is 14.8 Å². The van der Waals surface area contributed by atoms with Crippen molar-refractivity contribution in [3.63, 3.8) is 0 Å². The van der Waals surface area contributed by atoms with Crippen LogP contribution in [0, 0.1) is 0 Å². The second-order valence-corrected chi connectivity index (χ2v) is 10.6. The van der Waals surface area contributed by atoms with Crippen molar-refractivity contribution in [2.75, 3.05) is 33.9 Å². The van der Waals surface area contributed by atoms with Crippen molar-refractivity contribution in [3.05, 3.63) is 35.8 Å². The van der Waals surface area contributed by atoms with E-state index in [-0.39, 0.29) is 18.0 Å². The Kier molecular flexibility index (Phi) is 8.75. The molecule has 11 nitrogen and oxygen atoms in total. The van der Waals surface area contributed by atoms with E-state index in [1.54, 1.807) is 18.9 Å². The van der Waals surface area contributed by atoms with Crippen LogP contribution in [-0.2, 0) is 13.5 Å². The molecule has 1 saturated carbocycles. The van der Waals surface area contributed by atoms with Crippen LogP contribution in [-0.4, -0.2) is 80.7 Å². The number of carbonyl (C=O) groups excluding carboxylic acids is 1. The van der Waals surface area contributed by atoms with Crippen LogP contribution in [0.2, 0.25) is 0 Å². The third-order valence-electron chi connectivity index (χ3n) is 8.04. The van der Waals surface area contributed by atoms with Crippen LogP contribution in [0.1, 0.15) is 73.7 Å². The molecule has 0 radical (unpaired) electrons. The molecule has 1 N–H and O–H groups in total. The molecule has 1 atom stereocenters. The monoisotopic (exact) mass is 536 g/mol. The average molecular weight is 537 g/mol. The summed E-state index contributed by atoms with van der Waals surface area (Å²) in [6, 6.07) is 7.71. The normalized spacial score (nSPS) is 17.3. The van der Waals surface area contributed by atoms with Crippen molar-refractivity contribution in [1.29, 1.82) is 0 Å². The maximum atomic E-state index is 13.7. The summed E-state index contributed by atoms with van der Waals surface area (Å²) in [5.41, 5.74) is 2.04. The molecule has 5 rings (SSSR count). The van der Waals surface area contributed by atoms with Gasteiger partial charge in [0.25, 0.3) is 5.91 Å². The van der Waals surface area contributed by atoms with Crippen molar-refractivity contribution in [2.24, 2.45) is 7.05 Å². The fourth-order valence-electron chi connectivity index (χ4n) is 5.87. The first-order valence-electron chi connectivity index (χ1n) is 14.1. The summed E-state index contributed by atoms with van der Waals surface area (Å²) in [4.78, 5) is 16.2. The Hall–Kier alpha value is -3.47. The van der Waals surface area contributed by atoms with Crippen molar-refractivity contribution in [3.8, 4) is 22.8 Å². The molecule has 3 aromatic rings. The van der Waals surface area contributed by atoms with Crippen LogP contribution in [0.5, 0.6) is 11.5 Å². The van der Waals surface area contributed by atoms with E-state index >= 15 is 0 Å². The van der Waals surface area contributed by atoms with Crippen LogP contribution in [0.15, 0.2) is 24.3 Å². The Morgan fingerprint density at radius 3 is 2.44 bits per heavy atom. The highest BCUT2D eigenvalue weighted by Gasteiger charge is 2.28. The quantitative estimate of drug-likeness (QED) is 0.397. The summed E-state index contributed by atoms with van der Waals surface area (Å²) < 4.78 is 15.1. The van der Waals surface area contributed by atoms with E-state index in [1.807, 2.05) is 36.0 Å². The zero-order valence-electron chi connectivity index (χ0n) is 23.3. The highest BCUT2D eigenvalue weighted by molar-refractivity contribution is 5.94. The lowest BCUT2D eigenvalue weighted by Crippen LogP contribution is -2.41. The fraction of sp³-hybridized carbons (Fsp3) is 0.607. The number of likely N-dealkylation sites (tertiary alicyclic amines) is 1. The molecule has 39 heavy (non-hydrogen) atoms. The van der Waals surface area contributed by atoms with Gasteiger partial charge < -0.3 is 19.7 Å². The van der Waals surface area contributed by atoms with Gasteiger partial charge in [0.1, 0.15) is 11.5 Å². The molecular weight excluding hydrogens is 496 g/mol. The number of amides is 1. The Morgan fingerprint density at radius 2 is 1.79 bits per heavy atom. The highest BCUT2D eigenvalue weighted by Crippen LogP contribution is 2.41. The first kappa shape index (κ1) is 27.1. The first-order valence-corrected chi connectivity index (χ1v) is 14.1. The Labute approximate surface area is 229 Å². The molecule has 0 bridgehead atoms. The van der Waals surface area contributed by atoms with E-state index in [9.17, 15) is 4.79 Å². The summed E-state index contributed by atoms with van der Waals surface area (Å²) in [5.74, 6) is 1.93. The van der Waals surface area contributed by atoms with Gasteiger partial charge in [0.2, 0.25) is 0 Å². The molecule has 1 amide bonds. The number of aryl methyl sites for hydroxylation is 1. The maximum Gasteiger partial charge on any atom is 0.272 e. The molecular formula is C28H40N8O3. The predicted molar refractivity (Wildman–Crippen MR) is 147 cm³/mol. The smallest absolute Gasteiger partial charge is 0.272 e. The Morgan fingerprint density at radius 1 is 1.08 bits per heavy atom. The van der Waals surface area contributed by atoms with Crippen LogP contribution in [0.3, 0.4) is 0 Å². The third kappa shape index (κ3) is 6.24. The molecule has 1 aromatic carbocycles. The molecule has 2 aliphatic rings. The molecule has 1 aliphatic carbocycles. The Bertz CT molecular complexity index is 1220. The van der Waals surface area contributed by atoms with Gasteiger partial charge in [-0.25, -0.2) is 4.68 Å². The molecule has 1 aliphatic heterocycles. The van der Waals surface area contributed by atoms with Gasteiger partial charge in [0, 0.05) is 26.1 Å². The minimum Gasteiger partial charge on any atom is -0.496 e. The number of nitrogens with zero attached hydrogens (tertiary/aromatic N) is 7. The first-order chi connectivity index (χ1) is 19.1. The van der Waals surface area contributed by atoms with Gasteiger partial charge in [-0.15, -0.1) is 5.10 Å². The number of ether oxygens (including phenoxy) is 2. The third-order valence-corrected chi connectivity index (χ3v) is 8.04. The number of tetrazole rings is 1. The lowest BCUT2D eigenvalue weighted by Gasteiger charge is -2.28. The second kappa shape index (κ2) is 12.6. The van der Waals surface area contributed by atoms with E-state index in [0.29, 0.717) is 23.6 Å². The Balaban J connectivity index is 1.42. The minimum absolute atomic E-state index is 0.120. The van der Waals surface area contributed by atoms with Crippen LogP contribution in [0.4, 0.5) is 0 Å². The molecule has 3 heterocycles. The number of carbonyl (C=O) groups is 1. The van der Waals surface area contributed by atoms with E-state index < -0.39 is 0 Å². The summed E-state index contributed by atoms with van der Waals surface area (Å²) in [5, 5.41) is 20.1. The molecule has 2 aromatic heterocycles. The number of benzene rings is 1. The molecule has 0 unspecified atom stereocenters. The van der Waals surface area contributed by atoms with Crippen LogP contribution in [0.25, 0.3) is 11.3 Å². The topological polar surface area (TPSA) is 112 Å². The van der Waals surface area contributed by atoms with Crippen molar-refractivity contribution in [1.82, 2.24) is 40.2 Å². The second-order valence-electron chi connectivity index (χ2n) is 10.6. The fourth-order valence-corrected chi connectivity index (χ4v) is 5.87. The molecule has 210 valence electrons. The molecule has 2 fully saturated rings. The van der Waals surface area contributed by atoms with Gasteiger partial charge in [-0.1, -0.05) is 25.3 Å². The number of nitrogens with one attached hydrogen (secondary N) is 1. The van der Waals surface area contributed by atoms with Gasteiger partial charge in [-0.3, -0.25) is 9.48 Å². The van der Waals surface area contributed by atoms with Crippen molar-refractivity contribution in [2.45, 2.75) is 69.9 Å². The molecule has 11 heteroatoms. The summed E-state index contributed by atoms with van der Waals surface area (Å²) in [6.07, 6.45) is 9.50. The lowest BCUT2D eigenvalue weighted by atomic mass is 10.1. The highest BCUT2D eigenvalue weighted by atomic mass is 16.5. The van der Waals surface area contributed by atoms with E-state index in [1.165, 1.54) is 19.3 Å². The lowest BCUT2D eigenvalue weighted by molar-refractivity contribution is 0.0923. The molecule has 0 spiro atoms. The zero-order valence-corrected chi connectivity index (χ0v) is 23.3. The van der Waals surface area contributed by atoms with Crippen LogP contribution >= 0.6 is 0 Å². The van der Waals surface area contributed by atoms with Gasteiger partial charge in [0.05, 0.1) is 31.5 Å². The summed E-state index contributed by atoms with van der Waals surface area (Å²) >= 11 is 0. The SMILES string of the molecule is COc1cccc(OC)c1-c1cc(C(=O)N[C@@H](CCN2CCCCC2)Cc2nnnn2C)nn1C1CCCC1. The number of hydrogen-bond donors (Lipinski definition) is 1. The standard InChI is InChI=1S/C28H40N8O3/c1-34-26(30-32-33-34)18-20(14-17-35-15-7-4-8-16-35)29-28(37)22-19-23(36(31-22)21-10-5-6-11-21)27-24(38-2)12-9-13-25(27)39-3/h9,12-13,19-21H,4-8,10-11,14-18H2,1-3H3,(H,29,37)/t20-/m0/s1. The predicted octanol–water partition coefficient (Wildman–Crippen LogP) is 3.42. The number of aromatic nitrogens is 6. The van der Waals surface area contributed by atoms with Gasteiger partial charge in [-0.05, 0) is 73.8 Å². The van der Waals surface area contributed by atoms with Gasteiger partial charge in [0.15, 0.2) is 11.5 Å². The average Bonchev–Trinajstić information content (AvgIpc) is 3.73.